The van der Waals surface area contributed by atoms with Gasteiger partial charge in [-0.3, -0.25) is 4.98 Å². The smallest absolute Gasteiger partial charge is 0.317 e. The highest BCUT2D eigenvalue weighted by Gasteiger charge is 2.30. The van der Waals surface area contributed by atoms with Crippen LogP contribution in [-0.2, 0) is 6.54 Å². The summed E-state index contributed by atoms with van der Waals surface area (Å²) in [5.74, 6) is 0.777. The van der Waals surface area contributed by atoms with Crippen LogP contribution < -0.4 is 10.1 Å². The molecule has 1 aromatic carbocycles. The van der Waals surface area contributed by atoms with E-state index in [9.17, 15) is 4.79 Å². The van der Waals surface area contributed by atoms with E-state index < -0.39 is 0 Å². The molecule has 0 aliphatic carbocycles. The average molecular weight is 341 g/mol. The molecule has 0 fully saturated rings. The topological polar surface area (TPSA) is 54.5 Å². The van der Waals surface area contributed by atoms with Crippen molar-refractivity contribution >= 4 is 6.03 Å². The number of nitrogens with one attached hydrogen (secondary N) is 1. The number of carbonyl (C=O) groups excluding carboxylic acids is 1. The molecule has 0 radical (unpaired) electrons. The van der Waals surface area contributed by atoms with E-state index in [0.717, 1.165) is 16.9 Å². The van der Waals surface area contributed by atoms with E-state index in [1.54, 1.807) is 31.5 Å². The second-order valence-electron chi connectivity index (χ2n) is 7.20. The number of nitrogens with zero attached hydrogens (tertiary/aromatic N) is 2. The molecule has 5 nitrogen and oxygen atoms in total. The molecule has 134 valence electrons. The number of para-hydroxylation sites is 1. The van der Waals surface area contributed by atoms with Crippen LogP contribution in [0.2, 0.25) is 0 Å². The van der Waals surface area contributed by atoms with E-state index in [1.807, 2.05) is 36.4 Å². The zero-order valence-electron chi connectivity index (χ0n) is 15.6. The van der Waals surface area contributed by atoms with Crippen LogP contribution in [0.5, 0.6) is 5.75 Å². The fourth-order valence-corrected chi connectivity index (χ4v) is 2.73. The molecule has 0 bridgehead atoms. The highest BCUT2D eigenvalue weighted by atomic mass is 16.5. The number of aromatic nitrogens is 1. The number of pyridine rings is 1. The Balaban J connectivity index is 2.18. The largest absolute Gasteiger partial charge is 0.496 e. The van der Waals surface area contributed by atoms with Gasteiger partial charge in [-0.05, 0) is 29.2 Å². The van der Waals surface area contributed by atoms with Gasteiger partial charge in [-0.15, -0.1) is 0 Å². The molecular weight excluding hydrogens is 314 g/mol. The van der Waals surface area contributed by atoms with Gasteiger partial charge in [0, 0.05) is 31.5 Å². The second-order valence-corrected chi connectivity index (χ2v) is 7.20. The number of urea groups is 1. The number of benzene rings is 1. The van der Waals surface area contributed by atoms with Crippen molar-refractivity contribution in [2.45, 2.75) is 33.4 Å². The van der Waals surface area contributed by atoms with Gasteiger partial charge < -0.3 is 15.0 Å². The first kappa shape index (κ1) is 18.8. The normalized spacial score (nSPS) is 12.4. The van der Waals surface area contributed by atoms with Crippen LogP contribution in [0.15, 0.2) is 48.8 Å². The Bertz CT molecular complexity index is 696. The van der Waals surface area contributed by atoms with Gasteiger partial charge in [0.05, 0.1) is 13.2 Å². The minimum absolute atomic E-state index is 0.123. The maximum atomic E-state index is 12.7. The zero-order valence-corrected chi connectivity index (χ0v) is 15.6. The van der Waals surface area contributed by atoms with Gasteiger partial charge in [-0.1, -0.05) is 39.0 Å². The van der Waals surface area contributed by atoms with Gasteiger partial charge in [0.15, 0.2) is 0 Å². The summed E-state index contributed by atoms with van der Waals surface area (Å²) in [4.78, 5) is 18.4. The number of ether oxygens (including phenoxy) is 1. The molecule has 2 rings (SSSR count). The van der Waals surface area contributed by atoms with Crippen molar-refractivity contribution in [3.05, 3.63) is 59.9 Å². The predicted octanol–water partition coefficient (Wildman–Crippen LogP) is 4.02. The van der Waals surface area contributed by atoms with Crippen LogP contribution in [0.1, 0.15) is 37.9 Å². The molecule has 1 atom stereocenters. The summed E-state index contributed by atoms with van der Waals surface area (Å²) < 4.78 is 5.49. The third-order valence-electron chi connectivity index (χ3n) is 4.10. The first-order valence-electron chi connectivity index (χ1n) is 8.36. The van der Waals surface area contributed by atoms with Crippen LogP contribution >= 0.6 is 0 Å². The first-order valence-corrected chi connectivity index (χ1v) is 8.36. The van der Waals surface area contributed by atoms with Gasteiger partial charge in [0.25, 0.3) is 0 Å². The fraction of sp³-hybridized carbons (Fsp3) is 0.400. The van der Waals surface area contributed by atoms with Crippen LogP contribution in [0.25, 0.3) is 0 Å². The average Bonchev–Trinajstić information content (AvgIpc) is 2.59. The summed E-state index contributed by atoms with van der Waals surface area (Å²) in [6, 6.07) is 11.3. The third-order valence-corrected chi connectivity index (χ3v) is 4.10. The third kappa shape index (κ3) is 4.95. The van der Waals surface area contributed by atoms with Crippen LogP contribution in [0.3, 0.4) is 0 Å². The molecule has 5 heteroatoms. The van der Waals surface area contributed by atoms with Gasteiger partial charge in [-0.2, -0.15) is 0 Å². The Morgan fingerprint density at radius 2 is 1.84 bits per heavy atom. The number of hydrogen-bond acceptors (Lipinski definition) is 3. The van der Waals surface area contributed by atoms with Crippen molar-refractivity contribution in [1.82, 2.24) is 15.2 Å². The summed E-state index contributed by atoms with van der Waals surface area (Å²) >= 11 is 0. The van der Waals surface area contributed by atoms with Gasteiger partial charge in [-0.25, -0.2) is 4.79 Å². The molecule has 0 spiro atoms. The van der Waals surface area contributed by atoms with E-state index in [4.69, 9.17) is 4.74 Å². The van der Waals surface area contributed by atoms with Crippen molar-refractivity contribution in [1.29, 1.82) is 0 Å². The van der Waals surface area contributed by atoms with E-state index in [-0.39, 0.29) is 17.5 Å². The Morgan fingerprint density at radius 1 is 1.20 bits per heavy atom. The van der Waals surface area contributed by atoms with Crippen molar-refractivity contribution in [3.8, 4) is 5.75 Å². The maximum absolute atomic E-state index is 12.7. The van der Waals surface area contributed by atoms with Crippen molar-refractivity contribution < 1.29 is 9.53 Å². The van der Waals surface area contributed by atoms with Crippen LogP contribution in [0.4, 0.5) is 4.79 Å². The lowest BCUT2D eigenvalue weighted by Crippen LogP contribution is -2.43. The van der Waals surface area contributed by atoms with Crippen molar-refractivity contribution in [2.75, 3.05) is 14.2 Å². The van der Waals surface area contributed by atoms with Crippen LogP contribution in [0, 0.1) is 5.41 Å². The van der Waals surface area contributed by atoms with E-state index >= 15 is 0 Å². The Labute approximate surface area is 150 Å². The zero-order chi connectivity index (χ0) is 18.4. The fourth-order valence-electron chi connectivity index (χ4n) is 2.73. The monoisotopic (exact) mass is 341 g/mol. The molecule has 0 aliphatic heterocycles. The van der Waals surface area contributed by atoms with E-state index in [0.29, 0.717) is 6.54 Å². The lowest BCUT2D eigenvalue weighted by atomic mass is 9.82. The molecule has 25 heavy (non-hydrogen) atoms. The Hall–Kier alpha value is -2.56. The summed E-state index contributed by atoms with van der Waals surface area (Å²) in [7, 11) is 3.44. The van der Waals surface area contributed by atoms with Crippen LogP contribution in [-0.4, -0.2) is 30.1 Å². The molecule has 0 saturated heterocycles. The molecule has 1 heterocycles. The summed E-state index contributed by atoms with van der Waals surface area (Å²) in [6.45, 7) is 6.84. The highest BCUT2D eigenvalue weighted by Crippen LogP contribution is 2.37. The molecule has 0 aliphatic rings. The first-order chi connectivity index (χ1) is 11.8. The van der Waals surface area contributed by atoms with E-state index in [2.05, 4.69) is 31.1 Å². The molecule has 2 aromatic rings. The molecule has 2 amide bonds. The summed E-state index contributed by atoms with van der Waals surface area (Å²) in [5, 5.41) is 3.16. The second kappa shape index (κ2) is 8.01. The SMILES string of the molecule is COc1ccccc1[C@H](NC(=O)N(C)Cc1ccncc1)C(C)(C)C. The number of methoxy groups -OCH3 is 1. The predicted molar refractivity (Wildman–Crippen MR) is 99.4 cm³/mol. The number of amides is 2. The molecule has 1 N–H and O–H groups in total. The number of hydrogen-bond donors (Lipinski definition) is 1. The standard InChI is InChI=1S/C20H27N3O2/c1-20(2,3)18(16-8-6-7-9-17(16)25-5)22-19(24)23(4)14-15-10-12-21-13-11-15/h6-13,18H,14H2,1-5H3,(H,22,24)/t18-/m0/s1. The van der Waals surface area contributed by atoms with Gasteiger partial charge in [0.1, 0.15) is 5.75 Å². The lowest BCUT2D eigenvalue weighted by molar-refractivity contribution is 0.186. The minimum atomic E-state index is -0.170. The highest BCUT2D eigenvalue weighted by molar-refractivity contribution is 5.74. The van der Waals surface area contributed by atoms with Gasteiger partial charge >= 0.3 is 6.03 Å². The molecular formula is C20H27N3O2. The Morgan fingerprint density at radius 3 is 2.44 bits per heavy atom. The van der Waals surface area contributed by atoms with Crippen molar-refractivity contribution in [2.24, 2.45) is 5.41 Å². The van der Waals surface area contributed by atoms with E-state index in [1.165, 1.54) is 0 Å². The summed E-state index contributed by atoms with van der Waals surface area (Å²) in [5.41, 5.74) is 1.85. The maximum Gasteiger partial charge on any atom is 0.317 e. The Kier molecular flexibility index (Phi) is 6.02. The molecule has 1 aromatic heterocycles. The van der Waals surface area contributed by atoms with Gasteiger partial charge in [0.2, 0.25) is 0 Å². The molecule has 0 saturated carbocycles. The molecule has 0 unspecified atom stereocenters. The number of rotatable bonds is 5. The lowest BCUT2D eigenvalue weighted by Gasteiger charge is -2.34. The number of carbonyl (C=O) groups is 1. The quantitative estimate of drug-likeness (QED) is 0.894. The minimum Gasteiger partial charge on any atom is -0.496 e. The van der Waals surface area contributed by atoms with Crippen molar-refractivity contribution in [3.63, 3.8) is 0 Å². The summed E-state index contributed by atoms with van der Waals surface area (Å²) in [6.07, 6.45) is 3.46.